The molecular formula is C25H28. The summed E-state index contributed by atoms with van der Waals surface area (Å²) in [5.41, 5.74) is 8.04. The quantitative estimate of drug-likeness (QED) is 0.468. The van der Waals surface area contributed by atoms with Gasteiger partial charge >= 0.3 is 0 Å². The molecule has 0 aromatic heterocycles. The summed E-state index contributed by atoms with van der Waals surface area (Å²) in [4.78, 5) is 0. The lowest BCUT2D eigenvalue weighted by Crippen LogP contribution is -2.10. The molecule has 0 saturated heterocycles. The van der Waals surface area contributed by atoms with Crippen molar-refractivity contribution in [2.24, 2.45) is 0 Å². The lowest BCUT2D eigenvalue weighted by atomic mass is 9.86. The van der Waals surface area contributed by atoms with E-state index >= 15 is 0 Å². The van der Waals surface area contributed by atoms with E-state index in [1.165, 1.54) is 33.4 Å². The van der Waals surface area contributed by atoms with Crippen molar-refractivity contribution in [3.8, 4) is 22.3 Å². The van der Waals surface area contributed by atoms with E-state index < -0.39 is 0 Å². The highest BCUT2D eigenvalue weighted by Crippen LogP contribution is 2.29. The maximum absolute atomic E-state index is 2.29. The van der Waals surface area contributed by atoms with Gasteiger partial charge in [0.25, 0.3) is 0 Å². The fourth-order valence-electron chi connectivity index (χ4n) is 3.10. The smallest absolute Gasteiger partial charge is 0.0132 e. The Balaban J connectivity index is 1.91. The monoisotopic (exact) mass is 328 g/mol. The van der Waals surface area contributed by atoms with E-state index in [1.54, 1.807) is 0 Å². The van der Waals surface area contributed by atoms with Crippen LogP contribution in [0.1, 0.15) is 51.7 Å². The molecule has 0 spiro atoms. The van der Waals surface area contributed by atoms with Gasteiger partial charge in [0, 0.05) is 0 Å². The summed E-state index contributed by atoms with van der Waals surface area (Å²) in [7, 11) is 0. The van der Waals surface area contributed by atoms with Gasteiger partial charge in [-0.15, -0.1) is 0 Å². The van der Waals surface area contributed by atoms with E-state index in [0.717, 1.165) is 0 Å². The molecule has 128 valence electrons. The molecule has 0 amide bonds. The van der Waals surface area contributed by atoms with Crippen molar-refractivity contribution in [2.45, 2.75) is 46.0 Å². The topological polar surface area (TPSA) is 0 Å². The Morgan fingerprint density at radius 3 is 1.52 bits per heavy atom. The summed E-state index contributed by atoms with van der Waals surface area (Å²) in [5.74, 6) is 0.571. The van der Waals surface area contributed by atoms with Gasteiger partial charge in [-0.3, -0.25) is 0 Å². The molecule has 0 N–H and O–H groups in total. The first-order valence-electron chi connectivity index (χ1n) is 9.16. The van der Waals surface area contributed by atoms with Crippen LogP contribution in [0.3, 0.4) is 0 Å². The second-order valence-electron chi connectivity index (χ2n) is 8.18. The molecule has 0 aliphatic carbocycles. The van der Waals surface area contributed by atoms with Crippen LogP contribution in [0.15, 0.2) is 72.8 Å². The third kappa shape index (κ3) is 4.02. The summed E-state index contributed by atoms with van der Waals surface area (Å²) in [6.07, 6.45) is 0. The van der Waals surface area contributed by atoms with Crippen LogP contribution in [0.4, 0.5) is 0 Å². The van der Waals surface area contributed by atoms with Gasteiger partial charge in [0.05, 0.1) is 0 Å². The van der Waals surface area contributed by atoms with Crippen molar-refractivity contribution in [1.29, 1.82) is 0 Å². The van der Waals surface area contributed by atoms with E-state index in [4.69, 9.17) is 0 Å². The molecule has 3 aromatic rings. The minimum absolute atomic E-state index is 0.193. The minimum atomic E-state index is 0.193. The fraction of sp³-hybridized carbons (Fsp3) is 0.280. The number of rotatable bonds is 3. The predicted molar refractivity (Wildman–Crippen MR) is 110 cm³/mol. The van der Waals surface area contributed by atoms with Crippen molar-refractivity contribution in [2.75, 3.05) is 0 Å². The van der Waals surface area contributed by atoms with E-state index in [9.17, 15) is 0 Å². The molecule has 0 saturated carbocycles. The van der Waals surface area contributed by atoms with Crippen LogP contribution in [0.2, 0.25) is 0 Å². The average molecular weight is 328 g/mol. The highest BCUT2D eigenvalue weighted by molar-refractivity contribution is 5.73. The molecule has 0 aliphatic heterocycles. The zero-order chi connectivity index (χ0) is 18.0. The van der Waals surface area contributed by atoms with Gasteiger partial charge in [-0.1, -0.05) is 101 Å². The molecule has 0 bridgehead atoms. The van der Waals surface area contributed by atoms with Crippen LogP contribution in [0.25, 0.3) is 22.3 Å². The summed E-state index contributed by atoms with van der Waals surface area (Å²) in [5, 5.41) is 0. The molecule has 0 aliphatic rings. The SMILES string of the molecule is CC(C)c1ccc(-c2cccc(-c3ccc(C(C)(C)C)cc3)c2)cc1. The Bertz CT molecular complexity index is 828. The maximum atomic E-state index is 2.29. The zero-order valence-electron chi connectivity index (χ0n) is 16.0. The Morgan fingerprint density at radius 1 is 0.600 bits per heavy atom. The average Bonchev–Trinajstić information content (AvgIpc) is 2.61. The van der Waals surface area contributed by atoms with E-state index in [-0.39, 0.29) is 5.41 Å². The molecule has 0 heteroatoms. The summed E-state index contributed by atoms with van der Waals surface area (Å²) >= 11 is 0. The van der Waals surface area contributed by atoms with Crippen LogP contribution in [-0.2, 0) is 5.41 Å². The lowest BCUT2D eigenvalue weighted by Gasteiger charge is -2.19. The Labute approximate surface area is 152 Å². The molecule has 0 unspecified atom stereocenters. The molecule has 0 heterocycles. The summed E-state index contributed by atoms with van der Waals surface area (Å²) in [6, 6.07) is 26.7. The molecule has 25 heavy (non-hydrogen) atoms. The second kappa shape index (κ2) is 6.88. The summed E-state index contributed by atoms with van der Waals surface area (Å²) < 4.78 is 0. The van der Waals surface area contributed by atoms with Crippen LogP contribution in [0.5, 0.6) is 0 Å². The fourth-order valence-corrected chi connectivity index (χ4v) is 3.10. The third-order valence-corrected chi connectivity index (χ3v) is 4.86. The van der Waals surface area contributed by atoms with Gasteiger partial charge < -0.3 is 0 Å². The van der Waals surface area contributed by atoms with Crippen LogP contribution >= 0.6 is 0 Å². The summed E-state index contributed by atoms with van der Waals surface area (Å²) in [6.45, 7) is 11.2. The normalized spacial score (nSPS) is 11.8. The first kappa shape index (κ1) is 17.5. The van der Waals surface area contributed by atoms with Gasteiger partial charge in [0.15, 0.2) is 0 Å². The lowest BCUT2D eigenvalue weighted by molar-refractivity contribution is 0.590. The Hall–Kier alpha value is -2.34. The standard InChI is InChI=1S/C25H28/c1-18(2)19-9-11-20(12-10-19)22-7-6-8-23(17-22)21-13-15-24(16-14-21)25(3,4)5/h6-18H,1-5H3. The van der Waals surface area contributed by atoms with Crippen molar-refractivity contribution in [1.82, 2.24) is 0 Å². The Morgan fingerprint density at radius 2 is 1.08 bits per heavy atom. The van der Waals surface area contributed by atoms with Crippen molar-refractivity contribution in [3.63, 3.8) is 0 Å². The largest absolute Gasteiger partial charge is 0.0610 e. The van der Waals surface area contributed by atoms with Crippen LogP contribution < -0.4 is 0 Å². The highest BCUT2D eigenvalue weighted by atomic mass is 14.2. The van der Waals surface area contributed by atoms with E-state index in [1.807, 2.05) is 0 Å². The van der Waals surface area contributed by atoms with E-state index in [0.29, 0.717) is 5.92 Å². The molecule has 0 atom stereocenters. The van der Waals surface area contributed by atoms with Crippen molar-refractivity contribution < 1.29 is 0 Å². The molecule has 0 fully saturated rings. The van der Waals surface area contributed by atoms with Crippen LogP contribution in [-0.4, -0.2) is 0 Å². The van der Waals surface area contributed by atoms with E-state index in [2.05, 4.69) is 107 Å². The second-order valence-corrected chi connectivity index (χ2v) is 8.18. The van der Waals surface area contributed by atoms with Gasteiger partial charge in [0.1, 0.15) is 0 Å². The zero-order valence-corrected chi connectivity index (χ0v) is 16.0. The van der Waals surface area contributed by atoms with Gasteiger partial charge in [0.2, 0.25) is 0 Å². The third-order valence-electron chi connectivity index (χ3n) is 4.86. The minimum Gasteiger partial charge on any atom is -0.0610 e. The van der Waals surface area contributed by atoms with Gasteiger partial charge in [-0.05, 0) is 50.8 Å². The van der Waals surface area contributed by atoms with Gasteiger partial charge in [-0.25, -0.2) is 0 Å². The first-order chi connectivity index (χ1) is 11.8. The first-order valence-corrected chi connectivity index (χ1v) is 9.16. The van der Waals surface area contributed by atoms with Crippen molar-refractivity contribution >= 4 is 0 Å². The molecule has 0 nitrogen and oxygen atoms in total. The number of hydrogen-bond donors (Lipinski definition) is 0. The highest BCUT2D eigenvalue weighted by Gasteiger charge is 2.13. The molecule has 3 rings (SSSR count). The van der Waals surface area contributed by atoms with Gasteiger partial charge in [-0.2, -0.15) is 0 Å². The molecule has 3 aromatic carbocycles. The van der Waals surface area contributed by atoms with Crippen LogP contribution in [0, 0.1) is 0 Å². The number of benzene rings is 3. The molecular weight excluding hydrogens is 300 g/mol. The molecule has 0 radical (unpaired) electrons. The van der Waals surface area contributed by atoms with Crippen molar-refractivity contribution in [3.05, 3.63) is 83.9 Å². The predicted octanol–water partition coefficient (Wildman–Crippen LogP) is 7.44. The maximum Gasteiger partial charge on any atom is -0.0132 e. The number of hydrogen-bond acceptors (Lipinski definition) is 0. The Kier molecular flexibility index (Phi) is 4.81.